The summed E-state index contributed by atoms with van der Waals surface area (Å²) in [7, 11) is -0.975. The first-order valence-corrected chi connectivity index (χ1v) is 13.3. The molecule has 0 radical (unpaired) electrons. The Bertz CT molecular complexity index is 1070. The second-order valence-corrected chi connectivity index (χ2v) is 11.4. The Labute approximate surface area is 194 Å². The number of anilines is 1. The van der Waals surface area contributed by atoms with Gasteiger partial charge in [0, 0.05) is 56.8 Å². The van der Waals surface area contributed by atoms with Gasteiger partial charge in [0.25, 0.3) is 5.91 Å². The molecule has 1 aromatic heterocycles. The van der Waals surface area contributed by atoms with Crippen LogP contribution in [0.4, 0.5) is 5.69 Å². The number of nitrogens with zero attached hydrogens (tertiary/aromatic N) is 4. The SMILES string of the molecule is COc1ccc2ncc(C(=O)N3CCN(C(=O)C4CC4)CC3)c(N3CCS(O)(O)CC3)c2c1. The number of benzene rings is 1. The summed E-state index contributed by atoms with van der Waals surface area (Å²) in [6.07, 6.45) is 3.59. The molecule has 33 heavy (non-hydrogen) atoms. The van der Waals surface area contributed by atoms with E-state index in [1.165, 1.54) is 0 Å². The maximum atomic E-state index is 13.6. The maximum absolute atomic E-state index is 13.6. The lowest BCUT2D eigenvalue weighted by molar-refractivity contribution is -0.134. The van der Waals surface area contributed by atoms with Crippen LogP contribution in [0.25, 0.3) is 10.9 Å². The number of fused-ring (bicyclic) bond motifs is 1. The van der Waals surface area contributed by atoms with E-state index in [-0.39, 0.29) is 29.2 Å². The summed E-state index contributed by atoms with van der Waals surface area (Å²) in [4.78, 5) is 36.3. The molecule has 178 valence electrons. The van der Waals surface area contributed by atoms with Crippen LogP contribution in [-0.4, -0.2) is 93.6 Å². The van der Waals surface area contributed by atoms with Crippen molar-refractivity contribution in [2.75, 3.05) is 62.8 Å². The van der Waals surface area contributed by atoms with Crippen LogP contribution in [0.1, 0.15) is 23.2 Å². The molecule has 1 aliphatic carbocycles. The molecule has 1 aromatic carbocycles. The zero-order chi connectivity index (χ0) is 23.2. The van der Waals surface area contributed by atoms with Crippen molar-refractivity contribution in [3.8, 4) is 5.75 Å². The van der Waals surface area contributed by atoms with Crippen molar-refractivity contribution in [2.45, 2.75) is 12.8 Å². The number of hydrogen-bond donors (Lipinski definition) is 2. The maximum Gasteiger partial charge on any atom is 0.257 e. The van der Waals surface area contributed by atoms with Crippen molar-refractivity contribution in [1.29, 1.82) is 0 Å². The molecule has 0 bridgehead atoms. The number of pyridine rings is 1. The fraction of sp³-hybridized carbons (Fsp3) is 0.522. The van der Waals surface area contributed by atoms with Crippen LogP contribution < -0.4 is 9.64 Å². The molecule has 0 atom stereocenters. The average Bonchev–Trinajstić information content (AvgIpc) is 3.68. The Hall–Kier alpha value is -2.56. The van der Waals surface area contributed by atoms with Gasteiger partial charge in [-0.05, 0) is 31.0 Å². The molecule has 2 amide bonds. The highest BCUT2D eigenvalue weighted by Crippen LogP contribution is 2.43. The summed E-state index contributed by atoms with van der Waals surface area (Å²) in [6, 6.07) is 5.59. The van der Waals surface area contributed by atoms with Crippen molar-refractivity contribution in [2.24, 2.45) is 5.92 Å². The monoisotopic (exact) mass is 474 g/mol. The van der Waals surface area contributed by atoms with Gasteiger partial charge in [-0.2, -0.15) is 10.6 Å². The zero-order valence-electron chi connectivity index (χ0n) is 18.8. The van der Waals surface area contributed by atoms with E-state index in [2.05, 4.69) is 9.88 Å². The summed E-state index contributed by atoms with van der Waals surface area (Å²) in [5, 5.41) is 0.807. The highest BCUT2D eigenvalue weighted by atomic mass is 32.3. The van der Waals surface area contributed by atoms with E-state index in [4.69, 9.17) is 4.74 Å². The molecule has 1 saturated carbocycles. The van der Waals surface area contributed by atoms with Gasteiger partial charge in [-0.25, -0.2) is 0 Å². The Morgan fingerprint density at radius 2 is 1.70 bits per heavy atom. The lowest BCUT2D eigenvalue weighted by atomic mass is 10.1. The molecule has 10 heteroatoms. The van der Waals surface area contributed by atoms with Gasteiger partial charge < -0.3 is 19.4 Å². The van der Waals surface area contributed by atoms with Gasteiger partial charge in [0.1, 0.15) is 5.75 Å². The van der Waals surface area contributed by atoms with Crippen molar-refractivity contribution in [1.82, 2.24) is 14.8 Å². The van der Waals surface area contributed by atoms with Crippen molar-refractivity contribution in [3.63, 3.8) is 0 Å². The third-order valence-electron chi connectivity index (χ3n) is 6.77. The van der Waals surface area contributed by atoms with E-state index in [0.717, 1.165) is 29.4 Å². The largest absolute Gasteiger partial charge is 0.497 e. The summed E-state index contributed by atoms with van der Waals surface area (Å²) >= 11 is 0. The van der Waals surface area contributed by atoms with Gasteiger partial charge in [-0.1, -0.05) is 0 Å². The lowest BCUT2D eigenvalue weighted by Gasteiger charge is -2.43. The van der Waals surface area contributed by atoms with Gasteiger partial charge in [-0.3, -0.25) is 23.7 Å². The highest BCUT2D eigenvalue weighted by Gasteiger charge is 2.36. The van der Waals surface area contributed by atoms with Gasteiger partial charge in [0.15, 0.2) is 0 Å². The first kappa shape index (κ1) is 22.2. The molecule has 2 aliphatic heterocycles. The smallest absolute Gasteiger partial charge is 0.257 e. The molecule has 2 saturated heterocycles. The third kappa shape index (κ3) is 4.47. The standard InChI is InChI=1S/C23H30N4O5S/c1-32-17-4-5-20-18(14-17)21(25-10-12-33(30,31)13-11-25)19(15-24-20)23(29)27-8-6-26(7-9-27)22(28)16-2-3-16/h4-5,14-16,30-31H,2-3,6-13H2,1H3. The van der Waals surface area contributed by atoms with Crippen molar-refractivity contribution < 1.29 is 23.4 Å². The van der Waals surface area contributed by atoms with Crippen molar-refractivity contribution >= 4 is 39.0 Å². The highest BCUT2D eigenvalue weighted by molar-refractivity contribution is 8.24. The predicted octanol–water partition coefficient (Wildman–Crippen LogP) is 2.51. The topological polar surface area (TPSA) is 106 Å². The number of ether oxygens (including phenoxy) is 1. The summed E-state index contributed by atoms with van der Waals surface area (Å²) in [6.45, 7) is 2.98. The van der Waals surface area contributed by atoms with E-state index < -0.39 is 10.6 Å². The minimum atomic E-state index is -2.57. The molecule has 3 aliphatic rings. The van der Waals surface area contributed by atoms with Gasteiger partial charge in [0.2, 0.25) is 5.91 Å². The number of methoxy groups -OCH3 is 1. The van der Waals surface area contributed by atoms with Crippen LogP contribution in [0.3, 0.4) is 0 Å². The second kappa shape index (κ2) is 8.66. The number of amides is 2. The average molecular weight is 475 g/mol. The first-order chi connectivity index (χ1) is 15.9. The summed E-state index contributed by atoms with van der Waals surface area (Å²) in [5.74, 6) is 1.51. The summed E-state index contributed by atoms with van der Waals surface area (Å²) in [5.41, 5.74) is 2.01. The lowest BCUT2D eigenvalue weighted by Crippen LogP contribution is -2.51. The number of carbonyl (C=O) groups excluding carboxylic acids is 2. The van der Waals surface area contributed by atoms with Gasteiger partial charge in [0.05, 0.1) is 35.4 Å². The van der Waals surface area contributed by atoms with E-state index in [9.17, 15) is 18.7 Å². The number of carbonyl (C=O) groups is 2. The molecule has 0 spiro atoms. The summed E-state index contributed by atoms with van der Waals surface area (Å²) < 4.78 is 25.6. The third-order valence-corrected chi connectivity index (χ3v) is 8.45. The van der Waals surface area contributed by atoms with Gasteiger partial charge in [-0.15, -0.1) is 0 Å². The molecular formula is C23H30N4O5S. The Balaban J connectivity index is 1.45. The predicted molar refractivity (Wildman–Crippen MR) is 128 cm³/mol. The van der Waals surface area contributed by atoms with Crippen molar-refractivity contribution in [3.05, 3.63) is 30.0 Å². The van der Waals surface area contributed by atoms with Crippen LogP contribution in [-0.2, 0) is 4.79 Å². The molecule has 3 heterocycles. The normalized spacial score (nSPS) is 21.7. The molecule has 2 N–H and O–H groups in total. The number of piperazine rings is 1. The molecular weight excluding hydrogens is 444 g/mol. The van der Waals surface area contributed by atoms with E-state index >= 15 is 0 Å². The van der Waals surface area contributed by atoms with E-state index in [1.54, 1.807) is 18.2 Å². The number of hydrogen-bond acceptors (Lipinski definition) is 7. The molecule has 5 rings (SSSR count). The minimum Gasteiger partial charge on any atom is -0.497 e. The Kier molecular flexibility index (Phi) is 5.84. The number of aromatic nitrogens is 1. The fourth-order valence-electron chi connectivity index (χ4n) is 4.62. The zero-order valence-corrected chi connectivity index (χ0v) is 19.6. The van der Waals surface area contributed by atoms with Crippen LogP contribution in [0.15, 0.2) is 24.4 Å². The quantitative estimate of drug-likeness (QED) is 0.701. The molecule has 3 fully saturated rings. The van der Waals surface area contributed by atoms with Gasteiger partial charge >= 0.3 is 0 Å². The van der Waals surface area contributed by atoms with E-state index in [0.29, 0.717) is 50.6 Å². The molecule has 2 aromatic rings. The van der Waals surface area contributed by atoms with E-state index in [1.807, 2.05) is 23.1 Å². The fourth-order valence-corrected chi connectivity index (χ4v) is 5.85. The first-order valence-electron chi connectivity index (χ1n) is 11.4. The van der Waals surface area contributed by atoms with Crippen LogP contribution >= 0.6 is 10.6 Å². The van der Waals surface area contributed by atoms with Crippen LogP contribution in [0.2, 0.25) is 0 Å². The van der Waals surface area contributed by atoms with Crippen LogP contribution in [0.5, 0.6) is 5.75 Å². The Morgan fingerprint density at radius 3 is 2.33 bits per heavy atom. The molecule has 0 unspecified atom stereocenters. The Morgan fingerprint density at radius 1 is 1.03 bits per heavy atom. The minimum absolute atomic E-state index is 0.113. The number of rotatable bonds is 4. The second-order valence-electron chi connectivity index (χ2n) is 8.99. The van der Waals surface area contributed by atoms with Crippen LogP contribution in [0, 0.1) is 5.92 Å². The molecule has 9 nitrogen and oxygen atoms in total.